The molecule has 0 aliphatic heterocycles. The highest BCUT2D eigenvalue weighted by Crippen LogP contribution is 2.24. The molecule has 0 bridgehead atoms. The van der Waals surface area contributed by atoms with Gasteiger partial charge in [0.25, 0.3) is 0 Å². The first kappa shape index (κ1) is 15.5. The fourth-order valence-electron chi connectivity index (χ4n) is 2.87. The van der Waals surface area contributed by atoms with Crippen LogP contribution in [0, 0.1) is 11.3 Å². The number of hydrogen-bond acceptors (Lipinski definition) is 4. The average Bonchev–Trinajstić information content (AvgIpc) is 3.10. The van der Waals surface area contributed by atoms with Crippen LogP contribution in [0.15, 0.2) is 42.6 Å². The lowest BCUT2D eigenvalue weighted by Gasteiger charge is -2.15. The molecule has 2 aromatic rings. The highest BCUT2D eigenvalue weighted by atomic mass is 16.5. The van der Waals surface area contributed by atoms with E-state index in [4.69, 9.17) is 10.00 Å². The van der Waals surface area contributed by atoms with Crippen LogP contribution in [0.5, 0.6) is 5.88 Å². The first-order chi connectivity index (χ1) is 11.3. The molecular weight excluding hydrogens is 286 g/mol. The van der Waals surface area contributed by atoms with Crippen LogP contribution in [0.2, 0.25) is 0 Å². The van der Waals surface area contributed by atoms with Crippen molar-refractivity contribution in [2.75, 3.05) is 0 Å². The Balaban J connectivity index is 1.56. The third-order valence-corrected chi connectivity index (χ3v) is 4.16. The SMILES string of the molecule is N#Cc1ccc(CNCc2cccnc2OC2CCCC2)cc1. The van der Waals surface area contributed by atoms with Gasteiger partial charge < -0.3 is 10.1 Å². The predicted octanol–water partition coefficient (Wildman–Crippen LogP) is 3.56. The fourth-order valence-corrected chi connectivity index (χ4v) is 2.87. The van der Waals surface area contributed by atoms with Crippen LogP contribution in [0.4, 0.5) is 0 Å². The number of pyridine rings is 1. The van der Waals surface area contributed by atoms with Crippen molar-refractivity contribution in [2.24, 2.45) is 0 Å². The van der Waals surface area contributed by atoms with Crippen LogP contribution in [-0.2, 0) is 13.1 Å². The van der Waals surface area contributed by atoms with E-state index < -0.39 is 0 Å². The monoisotopic (exact) mass is 307 g/mol. The Morgan fingerprint density at radius 1 is 1.13 bits per heavy atom. The zero-order valence-electron chi connectivity index (χ0n) is 13.2. The molecular formula is C19H21N3O. The maximum atomic E-state index is 8.81. The molecule has 0 amide bonds. The predicted molar refractivity (Wildman–Crippen MR) is 88.8 cm³/mol. The van der Waals surface area contributed by atoms with Crippen molar-refractivity contribution >= 4 is 0 Å². The van der Waals surface area contributed by atoms with Gasteiger partial charge in [-0.1, -0.05) is 18.2 Å². The van der Waals surface area contributed by atoms with Gasteiger partial charge in [0.05, 0.1) is 11.6 Å². The molecule has 0 spiro atoms. The van der Waals surface area contributed by atoms with Gasteiger partial charge in [0.15, 0.2) is 0 Å². The van der Waals surface area contributed by atoms with E-state index in [-0.39, 0.29) is 0 Å². The standard InChI is InChI=1S/C19H21N3O/c20-12-15-7-9-16(10-8-15)13-21-14-17-4-3-11-22-19(17)23-18-5-1-2-6-18/h3-4,7-11,18,21H,1-2,5-6,13-14H2. The molecule has 3 rings (SSSR count). The normalized spacial score (nSPS) is 14.6. The largest absolute Gasteiger partial charge is 0.474 e. The molecule has 23 heavy (non-hydrogen) atoms. The Morgan fingerprint density at radius 2 is 1.91 bits per heavy atom. The van der Waals surface area contributed by atoms with Gasteiger partial charge in [-0.2, -0.15) is 5.26 Å². The van der Waals surface area contributed by atoms with Crippen LogP contribution in [0.3, 0.4) is 0 Å². The van der Waals surface area contributed by atoms with Gasteiger partial charge in [-0.25, -0.2) is 4.98 Å². The number of nitrogens with zero attached hydrogens (tertiary/aromatic N) is 2. The summed E-state index contributed by atoms with van der Waals surface area (Å²) in [6.45, 7) is 1.47. The fraction of sp³-hybridized carbons (Fsp3) is 0.368. The van der Waals surface area contributed by atoms with Crippen molar-refractivity contribution in [1.82, 2.24) is 10.3 Å². The highest BCUT2D eigenvalue weighted by molar-refractivity contribution is 5.31. The lowest BCUT2D eigenvalue weighted by atomic mass is 10.1. The van der Waals surface area contributed by atoms with Crippen LogP contribution < -0.4 is 10.1 Å². The highest BCUT2D eigenvalue weighted by Gasteiger charge is 2.18. The molecule has 1 aromatic heterocycles. The Hall–Kier alpha value is -2.38. The smallest absolute Gasteiger partial charge is 0.218 e. The molecule has 0 saturated heterocycles. The number of hydrogen-bond donors (Lipinski definition) is 1. The molecule has 1 aliphatic carbocycles. The van der Waals surface area contributed by atoms with E-state index in [0.717, 1.165) is 42.9 Å². The second-order valence-electron chi connectivity index (χ2n) is 5.90. The lowest BCUT2D eigenvalue weighted by Crippen LogP contribution is -2.17. The minimum Gasteiger partial charge on any atom is -0.474 e. The Morgan fingerprint density at radius 3 is 2.65 bits per heavy atom. The van der Waals surface area contributed by atoms with E-state index in [1.807, 2.05) is 30.3 Å². The van der Waals surface area contributed by atoms with E-state index in [9.17, 15) is 0 Å². The summed E-state index contributed by atoms with van der Waals surface area (Å²) in [4.78, 5) is 4.39. The summed E-state index contributed by atoms with van der Waals surface area (Å²) in [5.74, 6) is 0.756. The second-order valence-corrected chi connectivity index (χ2v) is 5.90. The van der Waals surface area contributed by atoms with Crippen molar-refractivity contribution in [2.45, 2.75) is 44.9 Å². The van der Waals surface area contributed by atoms with Gasteiger partial charge in [0, 0.05) is 24.8 Å². The summed E-state index contributed by atoms with van der Waals surface area (Å²) in [7, 11) is 0. The van der Waals surface area contributed by atoms with Gasteiger partial charge in [0.2, 0.25) is 5.88 Å². The molecule has 118 valence electrons. The third-order valence-electron chi connectivity index (χ3n) is 4.16. The van der Waals surface area contributed by atoms with E-state index in [2.05, 4.69) is 22.4 Å². The summed E-state index contributed by atoms with van der Waals surface area (Å²) in [5, 5.41) is 12.2. The number of ether oxygens (including phenoxy) is 1. The summed E-state index contributed by atoms with van der Waals surface area (Å²) >= 11 is 0. The maximum Gasteiger partial charge on any atom is 0.218 e. The van der Waals surface area contributed by atoms with Crippen LogP contribution >= 0.6 is 0 Å². The molecule has 1 aliphatic rings. The topological polar surface area (TPSA) is 57.9 Å². The number of nitriles is 1. The van der Waals surface area contributed by atoms with Gasteiger partial charge >= 0.3 is 0 Å². The molecule has 1 N–H and O–H groups in total. The summed E-state index contributed by atoms with van der Waals surface area (Å²) in [5.41, 5.74) is 2.94. The number of rotatable bonds is 6. The number of nitrogens with one attached hydrogen (secondary N) is 1. The quantitative estimate of drug-likeness (QED) is 0.886. The lowest BCUT2D eigenvalue weighted by molar-refractivity contribution is 0.199. The Kier molecular flexibility index (Phi) is 5.23. The van der Waals surface area contributed by atoms with Gasteiger partial charge in [-0.3, -0.25) is 0 Å². The molecule has 4 nitrogen and oxygen atoms in total. The van der Waals surface area contributed by atoms with E-state index in [1.54, 1.807) is 6.20 Å². The van der Waals surface area contributed by atoms with Gasteiger partial charge in [-0.05, 0) is 49.4 Å². The van der Waals surface area contributed by atoms with E-state index in [0.29, 0.717) is 11.7 Å². The maximum absolute atomic E-state index is 8.81. The first-order valence-electron chi connectivity index (χ1n) is 8.15. The zero-order valence-corrected chi connectivity index (χ0v) is 13.2. The van der Waals surface area contributed by atoms with E-state index >= 15 is 0 Å². The second kappa shape index (κ2) is 7.75. The molecule has 1 aromatic carbocycles. The molecule has 0 atom stereocenters. The van der Waals surface area contributed by atoms with Gasteiger partial charge in [-0.15, -0.1) is 0 Å². The molecule has 0 radical (unpaired) electrons. The Labute approximate surface area is 137 Å². The van der Waals surface area contributed by atoms with Crippen molar-refractivity contribution in [3.05, 3.63) is 59.3 Å². The molecule has 4 heteroatoms. The van der Waals surface area contributed by atoms with Crippen LogP contribution in [0.1, 0.15) is 42.4 Å². The number of aromatic nitrogens is 1. The molecule has 0 unspecified atom stereocenters. The van der Waals surface area contributed by atoms with E-state index in [1.165, 1.54) is 12.8 Å². The molecule has 1 saturated carbocycles. The third kappa shape index (κ3) is 4.30. The zero-order chi connectivity index (χ0) is 15.9. The minimum absolute atomic E-state index is 0.321. The van der Waals surface area contributed by atoms with Gasteiger partial charge in [0.1, 0.15) is 6.10 Å². The summed E-state index contributed by atoms with van der Waals surface area (Å²) in [6, 6.07) is 13.8. The first-order valence-corrected chi connectivity index (χ1v) is 8.15. The summed E-state index contributed by atoms with van der Waals surface area (Å²) < 4.78 is 6.05. The van der Waals surface area contributed by atoms with Crippen molar-refractivity contribution in [3.8, 4) is 11.9 Å². The average molecular weight is 307 g/mol. The Bertz CT molecular complexity index is 670. The minimum atomic E-state index is 0.321. The van der Waals surface area contributed by atoms with Crippen molar-refractivity contribution in [3.63, 3.8) is 0 Å². The summed E-state index contributed by atoms with van der Waals surface area (Å²) in [6.07, 6.45) is 6.88. The van der Waals surface area contributed by atoms with Crippen LogP contribution in [-0.4, -0.2) is 11.1 Å². The van der Waals surface area contributed by atoms with Crippen molar-refractivity contribution in [1.29, 1.82) is 5.26 Å². The molecule has 1 heterocycles. The number of benzene rings is 1. The van der Waals surface area contributed by atoms with Crippen molar-refractivity contribution < 1.29 is 4.74 Å². The van der Waals surface area contributed by atoms with Crippen LogP contribution in [0.25, 0.3) is 0 Å². The molecule has 1 fully saturated rings.